The van der Waals surface area contributed by atoms with Gasteiger partial charge >= 0.3 is 0 Å². The van der Waals surface area contributed by atoms with Gasteiger partial charge in [-0.25, -0.2) is 0 Å². The van der Waals surface area contributed by atoms with Gasteiger partial charge < -0.3 is 0 Å². The lowest BCUT2D eigenvalue weighted by atomic mass is 9.63. The number of carbonyl (C=O) groups is 1. The molecule has 14 heavy (non-hydrogen) atoms. The first kappa shape index (κ1) is 11.2. The van der Waals surface area contributed by atoms with Gasteiger partial charge in [0.25, 0.3) is 0 Å². The SMILES string of the molecule is CC1=CCC(C)C(C)(C)C1/C=C/C=O. The van der Waals surface area contributed by atoms with E-state index in [1.807, 2.05) is 6.08 Å². The van der Waals surface area contributed by atoms with Crippen molar-refractivity contribution in [3.8, 4) is 0 Å². The average Bonchev–Trinajstić information content (AvgIpc) is 2.12. The van der Waals surface area contributed by atoms with Crippen LogP contribution in [-0.4, -0.2) is 6.29 Å². The van der Waals surface area contributed by atoms with Crippen LogP contribution < -0.4 is 0 Å². The molecule has 0 saturated heterocycles. The zero-order valence-corrected chi connectivity index (χ0v) is 9.58. The van der Waals surface area contributed by atoms with Crippen LogP contribution in [0, 0.1) is 17.3 Å². The molecule has 0 heterocycles. The van der Waals surface area contributed by atoms with Gasteiger partial charge in [-0.3, -0.25) is 4.79 Å². The molecule has 0 spiro atoms. The van der Waals surface area contributed by atoms with Crippen LogP contribution in [0.1, 0.15) is 34.1 Å². The van der Waals surface area contributed by atoms with Crippen LogP contribution in [-0.2, 0) is 4.79 Å². The van der Waals surface area contributed by atoms with E-state index in [9.17, 15) is 4.79 Å². The highest BCUT2D eigenvalue weighted by Gasteiger charge is 2.36. The topological polar surface area (TPSA) is 17.1 Å². The first-order valence-corrected chi connectivity index (χ1v) is 5.28. The van der Waals surface area contributed by atoms with Crippen molar-refractivity contribution in [2.24, 2.45) is 17.3 Å². The second-order valence-corrected chi connectivity index (χ2v) is 4.90. The quantitative estimate of drug-likeness (QED) is 0.372. The van der Waals surface area contributed by atoms with Crippen molar-refractivity contribution >= 4 is 6.29 Å². The number of aldehydes is 1. The third-order valence-corrected chi connectivity index (χ3v) is 3.74. The van der Waals surface area contributed by atoms with Crippen molar-refractivity contribution in [3.05, 3.63) is 23.8 Å². The first-order valence-electron chi connectivity index (χ1n) is 5.28. The molecule has 0 saturated carbocycles. The maximum Gasteiger partial charge on any atom is 0.142 e. The normalized spacial score (nSPS) is 31.6. The van der Waals surface area contributed by atoms with Gasteiger partial charge in [-0.2, -0.15) is 0 Å². The van der Waals surface area contributed by atoms with Crippen molar-refractivity contribution in [2.45, 2.75) is 34.1 Å². The molecule has 0 aromatic carbocycles. The highest BCUT2D eigenvalue weighted by atomic mass is 16.1. The molecule has 0 aromatic rings. The Bertz CT molecular complexity index is 271. The predicted octanol–water partition coefficient (Wildman–Crippen LogP) is 3.37. The number of hydrogen-bond donors (Lipinski definition) is 0. The second kappa shape index (κ2) is 4.12. The van der Waals surface area contributed by atoms with Crippen LogP contribution in [0.4, 0.5) is 0 Å². The molecule has 0 radical (unpaired) electrons. The number of allylic oxidation sites excluding steroid dienone is 4. The van der Waals surface area contributed by atoms with Gasteiger partial charge in [0.1, 0.15) is 6.29 Å². The van der Waals surface area contributed by atoms with E-state index in [1.165, 1.54) is 5.57 Å². The Labute approximate surface area is 86.9 Å². The molecule has 1 rings (SSSR count). The standard InChI is InChI=1S/C13H20O/c1-10-7-8-11(2)13(3,4)12(10)6-5-9-14/h5-7,9,11-12H,8H2,1-4H3/b6-5+. The summed E-state index contributed by atoms with van der Waals surface area (Å²) in [4.78, 5) is 10.3. The fourth-order valence-electron chi connectivity index (χ4n) is 2.24. The Morgan fingerprint density at radius 3 is 2.71 bits per heavy atom. The van der Waals surface area contributed by atoms with Crippen LogP contribution in [0.5, 0.6) is 0 Å². The molecular formula is C13H20O. The molecule has 0 amide bonds. The van der Waals surface area contributed by atoms with Crippen molar-refractivity contribution in [3.63, 3.8) is 0 Å². The predicted molar refractivity (Wildman–Crippen MR) is 60.0 cm³/mol. The summed E-state index contributed by atoms with van der Waals surface area (Å²) in [6.07, 6.45) is 7.99. The van der Waals surface area contributed by atoms with Gasteiger partial charge in [-0.1, -0.05) is 38.5 Å². The molecule has 1 nitrogen and oxygen atoms in total. The minimum atomic E-state index is 0.262. The third kappa shape index (κ3) is 1.97. The molecule has 0 bridgehead atoms. The van der Waals surface area contributed by atoms with E-state index >= 15 is 0 Å². The Morgan fingerprint density at radius 1 is 1.50 bits per heavy atom. The zero-order chi connectivity index (χ0) is 10.8. The van der Waals surface area contributed by atoms with Crippen molar-refractivity contribution in [1.82, 2.24) is 0 Å². The Hall–Kier alpha value is -0.850. The van der Waals surface area contributed by atoms with Crippen molar-refractivity contribution in [1.29, 1.82) is 0 Å². The maximum atomic E-state index is 10.3. The highest BCUT2D eigenvalue weighted by Crippen LogP contribution is 2.45. The fraction of sp³-hybridized carbons (Fsp3) is 0.615. The molecule has 0 fully saturated rings. The van der Waals surface area contributed by atoms with E-state index in [0.29, 0.717) is 11.8 Å². The van der Waals surface area contributed by atoms with Crippen molar-refractivity contribution < 1.29 is 4.79 Å². The van der Waals surface area contributed by atoms with E-state index < -0.39 is 0 Å². The number of hydrogen-bond acceptors (Lipinski definition) is 1. The minimum Gasteiger partial charge on any atom is -0.299 e. The summed E-state index contributed by atoms with van der Waals surface area (Å²) in [5.41, 5.74) is 1.66. The Kier molecular flexibility index (Phi) is 3.30. The largest absolute Gasteiger partial charge is 0.299 e. The number of carbonyl (C=O) groups excluding carboxylic acids is 1. The van der Waals surface area contributed by atoms with Gasteiger partial charge in [0.15, 0.2) is 0 Å². The summed E-state index contributed by atoms with van der Waals surface area (Å²) < 4.78 is 0. The van der Waals surface area contributed by atoms with Crippen LogP contribution in [0.3, 0.4) is 0 Å². The minimum absolute atomic E-state index is 0.262. The van der Waals surface area contributed by atoms with Gasteiger partial charge in [0.05, 0.1) is 0 Å². The monoisotopic (exact) mass is 192 g/mol. The maximum absolute atomic E-state index is 10.3. The van der Waals surface area contributed by atoms with Crippen LogP contribution in [0.2, 0.25) is 0 Å². The molecular weight excluding hydrogens is 172 g/mol. The van der Waals surface area contributed by atoms with Gasteiger partial charge in [-0.15, -0.1) is 0 Å². The van der Waals surface area contributed by atoms with Gasteiger partial charge in [-0.05, 0) is 30.8 Å². The molecule has 2 atom stereocenters. The summed E-state index contributed by atoms with van der Waals surface area (Å²) in [6.45, 7) is 9.01. The second-order valence-electron chi connectivity index (χ2n) is 4.90. The molecule has 0 N–H and O–H groups in total. The van der Waals surface area contributed by atoms with E-state index in [2.05, 4.69) is 33.8 Å². The van der Waals surface area contributed by atoms with Crippen LogP contribution in [0.15, 0.2) is 23.8 Å². The van der Waals surface area contributed by atoms with Gasteiger partial charge in [0.2, 0.25) is 0 Å². The number of rotatable bonds is 2. The molecule has 0 aromatic heterocycles. The zero-order valence-electron chi connectivity index (χ0n) is 9.58. The van der Waals surface area contributed by atoms with E-state index in [-0.39, 0.29) is 5.41 Å². The Morgan fingerprint density at radius 2 is 2.14 bits per heavy atom. The molecule has 1 aliphatic carbocycles. The first-order chi connectivity index (χ1) is 6.50. The average molecular weight is 192 g/mol. The summed E-state index contributed by atoms with van der Waals surface area (Å²) in [6, 6.07) is 0. The summed E-state index contributed by atoms with van der Waals surface area (Å²) in [5.74, 6) is 1.09. The fourth-order valence-corrected chi connectivity index (χ4v) is 2.24. The lowest BCUT2D eigenvalue weighted by Crippen LogP contribution is -2.33. The van der Waals surface area contributed by atoms with Crippen molar-refractivity contribution in [2.75, 3.05) is 0 Å². The summed E-state index contributed by atoms with van der Waals surface area (Å²) in [7, 11) is 0. The molecule has 2 unspecified atom stereocenters. The summed E-state index contributed by atoms with van der Waals surface area (Å²) >= 11 is 0. The smallest absolute Gasteiger partial charge is 0.142 e. The van der Waals surface area contributed by atoms with Crippen LogP contribution >= 0.6 is 0 Å². The Balaban J connectivity index is 2.97. The lowest BCUT2D eigenvalue weighted by molar-refractivity contribution is -0.104. The molecule has 0 aliphatic heterocycles. The third-order valence-electron chi connectivity index (χ3n) is 3.74. The molecule has 1 aliphatic rings. The van der Waals surface area contributed by atoms with Gasteiger partial charge in [0, 0.05) is 5.92 Å². The summed E-state index contributed by atoms with van der Waals surface area (Å²) in [5, 5.41) is 0. The molecule has 78 valence electrons. The van der Waals surface area contributed by atoms with E-state index in [4.69, 9.17) is 0 Å². The highest BCUT2D eigenvalue weighted by molar-refractivity contribution is 5.64. The van der Waals surface area contributed by atoms with Crippen LogP contribution in [0.25, 0.3) is 0 Å². The van der Waals surface area contributed by atoms with E-state index in [1.54, 1.807) is 6.08 Å². The van der Waals surface area contributed by atoms with E-state index in [0.717, 1.165) is 12.7 Å². The lowest BCUT2D eigenvalue weighted by Gasteiger charge is -2.42. The molecule has 1 heteroatoms.